The Bertz CT molecular complexity index is 904. The molecule has 0 fully saturated rings. The van der Waals surface area contributed by atoms with E-state index >= 15 is 0 Å². The quantitative estimate of drug-likeness (QED) is 0.608. The highest BCUT2D eigenvalue weighted by Gasteiger charge is 2.20. The van der Waals surface area contributed by atoms with E-state index in [4.69, 9.17) is 0 Å². The molecule has 0 saturated heterocycles. The first-order valence-corrected chi connectivity index (χ1v) is 10.2. The Morgan fingerprint density at radius 3 is 2.24 bits per heavy atom. The Morgan fingerprint density at radius 1 is 1.00 bits per heavy atom. The number of para-hydroxylation sites is 1. The van der Waals surface area contributed by atoms with Crippen molar-refractivity contribution in [2.45, 2.75) is 33.2 Å². The van der Waals surface area contributed by atoms with Crippen molar-refractivity contribution in [2.75, 3.05) is 19.6 Å². The first-order valence-electron chi connectivity index (χ1n) is 10.2. The van der Waals surface area contributed by atoms with E-state index in [-0.39, 0.29) is 11.9 Å². The first kappa shape index (κ1) is 20.7. The second-order valence-corrected chi connectivity index (χ2v) is 7.03. The molecule has 0 spiro atoms. The van der Waals surface area contributed by atoms with Gasteiger partial charge in [-0.05, 0) is 44.1 Å². The molecule has 3 aromatic rings. The van der Waals surface area contributed by atoms with E-state index < -0.39 is 0 Å². The zero-order valence-corrected chi connectivity index (χ0v) is 17.4. The number of likely N-dealkylation sites (N-methyl/N-ethyl adjacent to an activating group) is 1. The van der Waals surface area contributed by atoms with Crippen LogP contribution in [0.4, 0.5) is 0 Å². The molecule has 1 atom stereocenters. The van der Waals surface area contributed by atoms with Crippen molar-refractivity contribution in [3.63, 3.8) is 0 Å². The third-order valence-electron chi connectivity index (χ3n) is 5.13. The topological polar surface area (TPSA) is 63.1 Å². The van der Waals surface area contributed by atoms with E-state index in [9.17, 15) is 4.79 Å². The first-order chi connectivity index (χ1) is 14.1. The molecule has 3 rings (SSSR count). The summed E-state index contributed by atoms with van der Waals surface area (Å²) in [6.45, 7) is 8.55. The van der Waals surface area contributed by atoms with Crippen LogP contribution >= 0.6 is 0 Å². The lowest BCUT2D eigenvalue weighted by Crippen LogP contribution is -2.45. The van der Waals surface area contributed by atoms with Crippen LogP contribution in [0, 0.1) is 6.92 Å². The molecule has 1 unspecified atom stereocenters. The summed E-state index contributed by atoms with van der Waals surface area (Å²) >= 11 is 0. The van der Waals surface area contributed by atoms with Crippen molar-refractivity contribution in [1.82, 2.24) is 25.2 Å². The van der Waals surface area contributed by atoms with Gasteiger partial charge in [-0.15, -0.1) is 5.10 Å². The van der Waals surface area contributed by atoms with Gasteiger partial charge in [0.25, 0.3) is 5.91 Å². The second kappa shape index (κ2) is 9.98. The predicted octanol–water partition coefficient (Wildman–Crippen LogP) is 3.26. The van der Waals surface area contributed by atoms with Crippen LogP contribution in [0.15, 0.2) is 60.7 Å². The summed E-state index contributed by atoms with van der Waals surface area (Å²) in [4.78, 5) is 16.7. The van der Waals surface area contributed by atoms with Crippen molar-refractivity contribution in [3.05, 3.63) is 77.6 Å². The lowest BCUT2D eigenvalue weighted by Gasteiger charge is -2.30. The number of carbonyl (C=O) groups excluding carboxylic acids is 1. The van der Waals surface area contributed by atoms with Crippen molar-refractivity contribution in [1.29, 1.82) is 0 Å². The molecule has 1 aromatic heterocycles. The Kier molecular flexibility index (Phi) is 7.14. The maximum atomic E-state index is 12.8. The standard InChI is InChI=1S/C23H29N5O/c1-4-27(5-2)21(16-19-12-8-6-9-13-19)17-24-23(29)22-18(3)25-28(26-22)20-14-10-7-11-15-20/h6-15,21H,4-5,16-17H2,1-3H3,(H,24,29). The molecule has 29 heavy (non-hydrogen) atoms. The van der Waals surface area contributed by atoms with Gasteiger partial charge in [0.05, 0.1) is 11.4 Å². The normalized spacial score (nSPS) is 12.1. The summed E-state index contributed by atoms with van der Waals surface area (Å²) in [7, 11) is 0. The molecule has 1 N–H and O–H groups in total. The highest BCUT2D eigenvalue weighted by molar-refractivity contribution is 5.93. The van der Waals surface area contributed by atoms with Crippen LogP contribution in [0.2, 0.25) is 0 Å². The minimum absolute atomic E-state index is 0.185. The molecule has 2 aromatic carbocycles. The number of hydrogen-bond acceptors (Lipinski definition) is 4. The lowest BCUT2D eigenvalue weighted by molar-refractivity contribution is 0.0928. The number of rotatable bonds is 9. The summed E-state index contributed by atoms with van der Waals surface area (Å²) in [6, 6.07) is 20.2. The molecule has 0 aliphatic heterocycles. The predicted molar refractivity (Wildman–Crippen MR) is 115 cm³/mol. The van der Waals surface area contributed by atoms with Gasteiger partial charge < -0.3 is 5.32 Å². The molecule has 0 aliphatic rings. The molecule has 0 bridgehead atoms. The highest BCUT2D eigenvalue weighted by Crippen LogP contribution is 2.11. The van der Waals surface area contributed by atoms with E-state index in [1.54, 1.807) is 0 Å². The van der Waals surface area contributed by atoms with E-state index in [1.165, 1.54) is 10.4 Å². The Labute approximate surface area is 172 Å². The molecule has 1 amide bonds. The Balaban J connectivity index is 1.70. The van der Waals surface area contributed by atoms with Crippen LogP contribution in [0.5, 0.6) is 0 Å². The molecule has 0 aliphatic carbocycles. The third-order valence-corrected chi connectivity index (χ3v) is 5.13. The van der Waals surface area contributed by atoms with Gasteiger partial charge in [-0.1, -0.05) is 62.4 Å². The van der Waals surface area contributed by atoms with Crippen LogP contribution in [-0.2, 0) is 6.42 Å². The van der Waals surface area contributed by atoms with E-state index in [0.29, 0.717) is 17.9 Å². The van der Waals surface area contributed by atoms with Gasteiger partial charge in [-0.3, -0.25) is 9.69 Å². The summed E-state index contributed by atoms with van der Waals surface area (Å²) in [6.07, 6.45) is 0.887. The minimum atomic E-state index is -0.185. The molecule has 0 radical (unpaired) electrons. The summed E-state index contributed by atoms with van der Waals surface area (Å²) in [5, 5.41) is 11.9. The number of benzene rings is 2. The third kappa shape index (κ3) is 5.29. The maximum absolute atomic E-state index is 12.8. The minimum Gasteiger partial charge on any atom is -0.349 e. The van der Waals surface area contributed by atoms with Gasteiger partial charge in [0, 0.05) is 12.6 Å². The van der Waals surface area contributed by atoms with Crippen LogP contribution in [0.25, 0.3) is 5.69 Å². The van der Waals surface area contributed by atoms with E-state index in [2.05, 4.69) is 58.5 Å². The summed E-state index contributed by atoms with van der Waals surface area (Å²) in [5.74, 6) is -0.185. The van der Waals surface area contributed by atoms with E-state index in [0.717, 1.165) is 25.2 Å². The SMILES string of the molecule is CCN(CC)C(CNC(=O)c1nn(-c2ccccc2)nc1C)Cc1ccccc1. The van der Waals surface area contributed by atoms with Crippen LogP contribution in [0.3, 0.4) is 0 Å². The molecular formula is C23H29N5O. The second-order valence-electron chi connectivity index (χ2n) is 7.03. The lowest BCUT2D eigenvalue weighted by atomic mass is 10.0. The summed E-state index contributed by atoms with van der Waals surface area (Å²) in [5.41, 5.74) is 3.09. The molecule has 6 heteroatoms. The van der Waals surface area contributed by atoms with Gasteiger partial charge in [-0.2, -0.15) is 9.90 Å². The fourth-order valence-corrected chi connectivity index (χ4v) is 3.52. The molecule has 0 saturated carbocycles. The number of nitrogens with one attached hydrogen (secondary N) is 1. The Hall–Kier alpha value is -2.99. The number of hydrogen-bond donors (Lipinski definition) is 1. The van der Waals surface area contributed by atoms with Crippen molar-refractivity contribution in [3.8, 4) is 5.69 Å². The van der Waals surface area contributed by atoms with Crippen LogP contribution in [0.1, 0.15) is 35.6 Å². The zero-order valence-electron chi connectivity index (χ0n) is 17.4. The van der Waals surface area contributed by atoms with Gasteiger partial charge in [0.15, 0.2) is 5.69 Å². The number of amides is 1. The fraction of sp³-hybridized carbons (Fsp3) is 0.348. The monoisotopic (exact) mass is 391 g/mol. The van der Waals surface area contributed by atoms with Gasteiger partial charge in [0.2, 0.25) is 0 Å². The average molecular weight is 392 g/mol. The molecule has 6 nitrogen and oxygen atoms in total. The van der Waals surface area contributed by atoms with Crippen LogP contribution in [-0.4, -0.2) is 51.5 Å². The van der Waals surface area contributed by atoms with E-state index in [1.807, 2.05) is 43.3 Å². The van der Waals surface area contributed by atoms with Crippen LogP contribution < -0.4 is 5.32 Å². The fourth-order valence-electron chi connectivity index (χ4n) is 3.52. The number of nitrogens with zero attached hydrogens (tertiary/aromatic N) is 4. The molecule has 152 valence electrons. The van der Waals surface area contributed by atoms with Gasteiger partial charge in [0.1, 0.15) is 0 Å². The van der Waals surface area contributed by atoms with Crippen molar-refractivity contribution < 1.29 is 4.79 Å². The maximum Gasteiger partial charge on any atom is 0.273 e. The smallest absolute Gasteiger partial charge is 0.273 e. The summed E-state index contributed by atoms with van der Waals surface area (Å²) < 4.78 is 0. The van der Waals surface area contributed by atoms with Crippen molar-refractivity contribution in [2.24, 2.45) is 0 Å². The largest absolute Gasteiger partial charge is 0.349 e. The molecule has 1 heterocycles. The highest BCUT2D eigenvalue weighted by atomic mass is 16.2. The number of carbonyl (C=O) groups is 1. The van der Waals surface area contributed by atoms with Gasteiger partial charge in [-0.25, -0.2) is 0 Å². The zero-order chi connectivity index (χ0) is 20.6. The Morgan fingerprint density at radius 2 is 1.62 bits per heavy atom. The number of aromatic nitrogens is 3. The van der Waals surface area contributed by atoms with Gasteiger partial charge >= 0.3 is 0 Å². The average Bonchev–Trinajstić information content (AvgIpc) is 3.15. The molecular weight excluding hydrogens is 362 g/mol. The van der Waals surface area contributed by atoms with Crippen molar-refractivity contribution >= 4 is 5.91 Å². The number of aryl methyl sites for hydroxylation is 1.